The first-order chi connectivity index (χ1) is 8.72. The third-order valence-electron chi connectivity index (χ3n) is 3.37. The molecule has 1 aliphatic heterocycles. The van der Waals surface area contributed by atoms with Crippen LogP contribution >= 0.6 is 11.8 Å². The summed E-state index contributed by atoms with van der Waals surface area (Å²) in [4.78, 5) is 0. The average molecular weight is 267 g/mol. The summed E-state index contributed by atoms with van der Waals surface area (Å²) in [7, 11) is 1.67. The standard InChI is InChI=1S/C14H21NO2S/c1-17-13-4-2-12(3-5-13)10-15-11-14(16)6-8-18-9-7-14/h2-5,15-16H,6-11H2,1H3. The highest BCUT2D eigenvalue weighted by molar-refractivity contribution is 7.99. The predicted octanol–water partition coefficient (Wildman–Crippen LogP) is 2.04. The highest BCUT2D eigenvalue weighted by Gasteiger charge is 2.28. The molecule has 3 nitrogen and oxygen atoms in total. The van der Waals surface area contributed by atoms with E-state index in [2.05, 4.69) is 5.32 Å². The van der Waals surface area contributed by atoms with Gasteiger partial charge in [-0.15, -0.1) is 0 Å². The van der Waals surface area contributed by atoms with Gasteiger partial charge in [0.15, 0.2) is 0 Å². The Morgan fingerprint density at radius 1 is 1.28 bits per heavy atom. The van der Waals surface area contributed by atoms with Crippen molar-refractivity contribution in [1.29, 1.82) is 0 Å². The van der Waals surface area contributed by atoms with Crippen molar-refractivity contribution in [2.45, 2.75) is 25.0 Å². The lowest BCUT2D eigenvalue weighted by Crippen LogP contribution is -2.43. The summed E-state index contributed by atoms with van der Waals surface area (Å²) < 4.78 is 5.12. The Morgan fingerprint density at radius 2 is 1.94 bits per heavy atom. The summed E-state index contributed by atoms with van der Waals surface area (Å²) in [6, 6.07) is 8.02. The second-order valence-electron chi connectivity index (χ2n) is 4.79. The lowest BCUT2D eigenvalue weighted by Gasteiger charge is -2.32. The molecule has 2 N–H and O–H groups in total. The highest BCUT2D eigenvalue weighted by Crippen LogP contribution is 2.26. The maximum atomic E-state index is 10.3. The van der Waals surface area contributed by atoms with Crippen molar-refractivity contribution in [3.05, 3.63) is 29.8 Å². The van der Waals surface area contributed by atoms with Crippen molar-refractivity contribution in [1.82, 2.24) is 5.32 Å². The zero-order valence-corrected chi connectivity index (χ0v) is 11.6. The van der Waals surface area contributed by atoms with Crippen molar-refractivity contribution in [3.8, 4) is 5.75 Å². The number of rotatable bonds is 5. The topological polar surface area (TPSA) is 41.5 Å². The molecule has 0 amide bonds. The third kappa shape index (κ3) is 3.90. The Kier molecular flexibility index (Phi) is 4.92. The van der Waals surface area contributed by atoms with Crippen LogP contribution in [0.5, 0.6) is 5.75 Å². The van der Waals surface area contributed by atoms with Crippen LogP contribution in [0.4, 0.5) is 0 Å². The molecule has 0 spiro atoms. The Labute approximate surface area is 113 Å². The Hall–Kier alpha value is -0.710. The van der Waals surface area contributed by atoms with Crippen LogP contribution in [0.2, 0.25) is 0 Å². The molecule has 1 heterocycles. The van der Waals surface area contributed by atoms with Crippen molar-refractivity contribution < 1.29 is 9.84 Å². The number of nitrogens with one attached hydrogen (secondary N) is 1. The monoisotopic (exact) mass is 267 g/mol. The van der Waals surface area contributed by atoms with Gasteiger partial charge in [-0.05, 0) is 42.0 Å². The molecule has 100 valence electrons. The summed E-state index contributed by atoms with van der Waals surface area (Å²) in [6.07, 6.45) is 1.79. The molecule has 2 rings (SSSR count). The van der Waals surface area contributed by atoms with Gasteiger partial charge in [0, 0.05) is 13.1 Å². The molecule has 0 saturated carbocycles. The van der Waals surface area contributed by atoms with Crippen molar-refractivity contribution in [2.24, 2.45) is 0 Å². The number of aliphatic hydroxyl groups is 1. The molecule has 0 aromatic heterocycles. The van der Waals surface area contributed by atoms with E-state index >= 15 is 0 Å². The summed E-state index contributed by atoms with van der Waals surface area (Å²) in [6.45, 7) is 1.47. The van der Waals surface area contributed by atoms with Crippen LogP contribution in [0.25, 0.3) is 0 Å². The molecule has 0 atom stereocenters. The van der Waals surface area contributed by atoms with Crippen molar-refractivity contribution >= 4 is 11.8 Å². The van der Waals surface area contributed by atoms with E-state index in [0.29, 0.717) is 6.54 Å². The smallest absolute Gasteiger partial charge is 0.118 e. The summed E-state index contributed by atoms with van der Waals surface area (Å²) in [5.41, 5.74) is 0.710. The molecule has 1 aromatic carbocycles. The Bertz CT molecular complexity index is 361. The average Bonchev–Trinajstić information content (AvgIpc) is 2.40. The summed E-state index contributed by atoms with van der Waals surface area (Å²) in [5, 5.41) is 13.7. The maximum absolute atomic E-state index is 10.3. The normalized spacial score (nSPS) is 18.6. The largest absolute Gasteiger partial charge is 0.497 e. The van der Waals surface area contributed by atoms with Crippen LogP contribution in [0.1, 0.15) is 18.4 Å². The minimum Gasteiger partial charge on any atom is -0.497 e. The molecule has 1 aliphatic rings. The second kappa shape index (κ2) is 6.45. The van der Waals surface area contributed by atoms with Gasteiger partial charge >= 0.3 is 0 Å². The van der Waals surface area contributed by atoms with Gasteiger partial charge in [0.05, 0.1) is 12.7 Å². The summed E-state index contributed by atoms with van der Waals surface area (Å²) in [5.74, 6) is 3.02. The molecule has 18 heavy (non-hydrogen) atoms. The number of thioether (sulfide) groups is 1. The van der Waals surface area contributed by atoms with Crippen LogP contribution in [0.15, 0.2) is 24.3 Å². The van der Waals surface area contributed by atoms with Gasteiger partial charge in [0.2, 0.25) is 0 Å². The lowest BCUT2D eigenvalue weighted by molar-refractivity contribution is 0.0320. The zero-order valence-electron chi connectivity index (χ0n) is 10.8. The third-order valence-corrected chi connectivity index (χ3v) is 4.35. The van der Waals surface area contributed by atoms with Crippen LogP contribution in [0.3, 0.4) is 0 Å². The van der Waals surface area contributed by atoms with Crippen LogP contribution in [-0.2, 0) is 6.54 Å². The Balaban J connectivity index is 1.77. The first-order valence-corrected chi connectivity index (χ1v) is 7.51. The molecule has 0 bridgehead atoms. The molecule has 4 heteroatoms. The van der Waals surface area contributed by atoms with Gasteiger partial charge in [0.25, 0.3) is 0 Å². The fourth-order valence-corrected chi connectivity index (χ4v) is 3.36. The van der Waals surface area contributed by atoms with E-state index < -0.39 is 5.60 Å². The van der Waals surface area contributed by atoms with E-state index in [-0.39, 0.29) is 0 Å². The quantitative estimate of drug-likeness (QED) is 0.856. The first kappa shape index (κ1) is 13.7. The number of ether oxygens (including phenoxy) is 1. The number of methoxy groups -OCH3 is 1. The first-order valence-electron chi connectivity index (χ1n) is 6.36. The van der Waals surface area contributed by atoms with Gasteiger partial charge in [-0.2, -0.15) is 11.8 Å². The fraction of sp³-hybridized carbons (Fsp3) is 0.571. The van der Waals surface area contributed by atoms with E-state index in [4.69, 9.17) is 4.74 Å². The SMILES string of the molecule is COc1ccc(CNCC2(O)CCSCC2)cc1. The van der Waals surface area contributed by atoms with Crippen molar-refractivity contribution in [2.75, 3.05) is 25.2 Å². The minimum atomic E-state index is -0.502. The van der Waals surface area contributed by atoms with Gasteiger partial charge in [-0.3, -0.25) is 0 Å². The molecular weight excluding hydrogens is 246 g/mol. The molecular formula is C14H21NO2S. The van der Waals surface area contributed by atoms with E-state index in [1.807, 2.05) is 36.0 Å². The number of benzene rings is 1. The van der Waals surface area contributed by atoms with E-state index in [0.717, 1.165) is 36.6 Å². The van der Waals surface area contributed by atoms with Crippen LogP contribution < -0.4 is 10.1 Å². The van der Waals surface area contributed by atoms with Gasteiger partial charge in [-0.1, -0.05) is 12.1 Å². The number of hydrogen-bond donors (Lipinski definition) is 2. The molecule has 1 saturated heterocycles. The van der Waals surface area contributed by atoms with Gasteiger partial charge in [0.1, 0.15) is 5.75 Å². The Morgan fingerprint density at radius 3 is 2.56 bits per heavy atom. The van der Waals surface area contributed by atoms with Gasteiger partial charge < -0.3 is 15.2 Å². The van der Waals surface area contributed by atoms with Crippen molar-refractivity contribution in [3.63, 3.8) is 0 Å². The summed E-state index contributed by atoms with van der Waals surface area (Å²) >= 11 is 1.93. The maximum Gasteiger partial charge on any atom is 0.118 e. The van der Waals surface area contributed by atoms with Gasteiger partial charge in [-0.25, -0.2) is 0 Å². The van der Waals surface area contributed by atoms with E-state index in [1.54, 1.807) is 7.11 Å². The van der Waals surface area contributed by atoms with E-state index in [9.17, 15) is 5.11 Å². The number of hydrogen-bond acceptors (Lipinski definition) is 4. The molecule has 1 fully saturated rings. The molecule has 0 aliphatic carbocycles. The van der Waals surface area contributed by atoms with Crippen LogP contribution in [-0.4, -0.2) is 35.9 Å². The predicted molar refractivity (Wildman–Crippen MR) is 76.2 cm³/mol. The highest BCUT2D eigenvalue weighted by atomic mass is 32.2. The lowest BCUT2D eigenvalue weighted by atomic mass is 9.97. The fourth-order valence-electron chi connectivity index (χ4n) is 2.11. The molecule has 0 unspecified atom stereocenters. The zero-order chi connectivity index (χ0) is 12.8. The molecule has 0 radical (unpaired) electrons. The second-order valence-corrected chi connectivity index (χ2v) is 6.01. The van der Waals surface area contributed by atoms with E-state index in [1.165, 1.54) is 5.56 Å². The minimum absolute atomic E-state index is 0.502. The van der Waals surface area contributed by atoms with Crippen LogP contribution in [0, 0.1) is 0 Å². The molecule has 1 aromatic rings.